The average Bonchev–Trinajstić information content (AvgIpc) is 2.40. The second kappa shape index (κ2) is 8.51. The van der Waals surface area contributed by atoms with Gasteiger partial charge in [0.2, 0.25) is 0 Å². The van der Waals surface area contributed by atoms with Crippen molar-refractivity contribution in [1.82, 2.24) is 0 Å². The molecule has 0 bridgehead atoms. The van der Waals surface area contributed by atoms with Crippen molar-refractivity contribution in [3.63, 3.8) is 0 Å². The third-order valence-corrected chi connectivity index (χ3v) is 18.0. The number of hydrogen-bond acceptors (Lipinski definition) is 2. The Hall–Kier alpha value is 0.354. The van der Waals surface area contributed by atoms with E-state index in [1.807, 2.05) is 0 Å². The van der Waals surface area contributed by atoms with Gasteiger partial charge in [-0.25, -0.2) is 0 Å². The first-order valence-corrected chi connectivity index (χ1v) is 12.6. The first kappa shape index (κ1) is 18.4. The van der Waals surface area contributed by atoms with Crippen LogP contribution in [0.3, 0.4) is 0 Å². The van der Waals surface area contributed by atoms with Crippen LogP contribution >= 0.6 is 0 Å². The summed E-state index contributed by atoms with van der Waals surface area (Å²) in [7, 11) is -3.25. The van der Waals surface area contributed by atoms with Crippen LogP contribution in [0, 0.1) is 0 Å². The third kappa shape index (κ3) is 3.68. The van der Waals surface area contributed by atoms with Gasteiger partial charge >= 0.3 is 8.56 Å². The van der Waals surface area contributed by atoms with Crippen molar-refractivity contribution in [2.75, 3.05) is 13.2 Å². The predicted octanol–water partition coefficient (Wildman–Crippen LogP) is 4.96. The van der Waals surface area contributed by atoms with Gasteiger partial charge in [-0.15, -0.1) is 0 Å². The highest BCUT2D eigenvalue weighted by molar-refractivity contribution is 6.94. The van der Waals surface area contributed by atoms with Crippen LogP contribution in [-0.4, -0.2) is 29.8 Å². The summed E-state index contributed by atoms with van der Waals surface area (Å²) in [5.41, 5.74) is 0. The van der Waals surface area contributed by atoms with Gasteiger partial charge in [0.05, 0.1) is 8.07 Å². The summed E-state index contributed by atoms with van der Waals surface area (Å²) in [6, 6.07) is 5.16. The highest BCUT2D eigenvalue weighted by Gasteiger charge is 2.51. The van der Waals surface area contributed by atoms with Crippen molar-refractivity contribution in [1.29, 1.82) is 0 Å². The molecule has 0 radical (unpaired) electrons. The van der Waals surface area contributed by atoms with E-state index in [9.17, 15) is 0 Å². The molecule has 4 heteroatoms. The van der Waals surface area contributed by atoms with Gasteiger partial charge in [0, 0.05) is 13.2 Å². The smallest absolute Gasteiger partial charge is 0.338 e. The molecule has 0 aliphatic heterocycles. The molecule has 0 aromatic carbocycles. The molecule has 1 atom stereocenters. The van der Waals surface area contributed by atoms with E-state index in [0.717, 1.165) is 19.3 Å². The first-order chi connectivity index (χ1) is 8.52. The largest absolute Gasteiger partial charge is 0.395 e. The van der Waals surface area contributed by atoms with Crippen molar-refractivity contribution in [3.05, 3.63) is 0 Å². The van der Waals surface area contributed by atoms with Crippen molar-refractivity contribution in [2.24, 2.45) is 0 Å². The molecule has 0 aliphatic rings. The summed E-state index contributed by atoms with van der Waals surface area (Å²) in [5, 5.41) is 0.690. The quantitative estimate of drug-likeness (QED) is 0.529. The average molecular weight is 291 g/mol. The van der Waals surface area contributed by atoms with Gasteiger partial charge < -0.3 is 8.85 Å². The molecule has 0 heterocycles. The summed E-state index contributed by atoms with van der Waals surface area (Å²) in [4.78, 5) is 0. The predicted molar refractivity (Wildman–Crippen MR) is 86.1 cm³/mol. The molecule has 2 nitrogen and oxygen atoms in total. The molecule has 110 valence electrons. The Labute approximate surface area is 117 Å². The van der Waals surface area contributed by atoms with Crippen LogP contribution in [0.15, 0.2) is 0 Å². The lowest BCUT2D eigenvalue weighted by Gasteiger charge is -2.44. The zero-order valence-corrected chi connectivity index (χ0v) is 15.6. The molecular weight excluding hydrogens is 256 g/mol. The maximum atomic E-state index is 6.24. The zero-order valence-electron chi connectivity index (χ0n) is 13.6. The minimum atomic E-state index is -2.01. The van der Waals surface area contributed by atoms with Crippen LogP contribution in [0.1, 0.15) is 48.5 Å². The van der Waals surface area contributed by atoms with Gasteiger partial charge in [-0.3, -0.25) is 0 Å². The molecule has 18 heavy (non-hydrogen) atoms. The molecule has 0 amide bonds. The highest BCUT2D eigenvalue weighted by atomic mass is 28.4. The highest BCUT2D eigenvalue weighted by Crippen LogP contribution is 2.42. The van der Waals surface area contributed by atoms with E-state index in [-0.39, 0.29) is 0 Å². The van der Waals surface area contributed by atoms with Crippen LogP contribution in [0.5, 0.6) is 0 Å². The van der Waals surface area contributed by atoms with E-state index in [1.54, 1.807) is 0 Å². The Balaban J connectivity index is 5.30. The topological polar surface area (TPSA) is 18.5 Å². The monoisotopic (exact) mass is 290 g/mol. The molecule has 1 unspecified atom stereocenters. The molecule has 0 aromatic rings. The van der Waals surface area contributed by atoms with E-state index >= 15 is 0 Å². The van der Waals surface area contributed by atoms with Crippen molar-refractivity contribution in [2.45, 2.75) is 77.8 Å². The Morgan fingerprint density at radius 2 is 1.11 bits per heavy atom. The van der Waals surface area contributed by atoms with Crippen molar-refractivity contribution < 1.29 is 8.85 Å². The molecule has 0 aromatic heterocycles. The lowest BCUT2D eigenvalue weighted by atomic mass is 10.9. The van der Waals surface area contributed by atoms with E-state index in [4.69, 9.17) is 8.85 Å². The maximum absolute atomic E-state index is 6.24. The normalized spacial score (nSPS) is 14.8. The Morgan fingerprint density at radius 3 is 1.33 bits per heavy atom. The summed E-state index contributed by atoms with van der Waals surface area (Å²) in [6.07, 6.45) is 0. The van der Waals surface area contributed by atoms with E-state index in [0.29, 0.717) is 5.16 Å². The van der Waals surface area contributed by atoms with Gasteiger partial charge in [0.15, 0.2) is 0 Å². The van der Waals surface area contributed by atoms with E-state index < -0.39 is 16.6 Å². The van der Waals surface area contributed by atoms with Gasteiger partial charge in [0.1, 0.15) is 0 Å². The number of rotatable bonds is 10. The van der Waals surface area contributed by atoms with E-state index in [2.05, 4.69) is 48.5 Å². The molecule has 0 N–H and O–H groups in total. The molecule has 0 saturated carbocycles. The molecule has 0 rings (SSSR count). The minimum absolute atomic E-state index is 0.690. The fraction of sp³-hybridized carbons (Fsp3) is 1.00. The summed E-state index contributed by atoms with van der Waals surface area (Å²) < 4.78 is 12.5. The summed E-state index contributed by atoms with van der Waals surface area (Å²) in [6.45, 7) is 17.6. The third-order valence-electron chi connectivity index (χ3n) is 4.96. The first-order valence-electron chi connectivity index (χ1n) is 7.80. The Morgan fingerprint density at radius 1 is 0.722 bits per heavy atom. The lowest BCUT2D eigenvalue weighted by Crippen LogP contribution is -2.56. The van der Waals surface area contributed by atoms with Gasteiger partial charge in [-0.2, -0.15) is 0 Å². The van der Waals surface area contributed by atoms with Gasteiger partial charge in [-0.1, -0.05) is 52.8 Å². The fourth-order valence-corrected chi connectivity index (χ4v) is 16.0. The lowest BCUT2D eigenvalue weighted by molar-refractivity contribution is 0.180. The molecule has 0 aliphatic carbocycles. The number of hydrogen-bond donors (Lipinski definition) is 0. The Kier molecular flexibility index (Phi) is 8.68. The standard InChI is InChI=1S/C14H34O2Si2/c1-8-15-18(13-6,16-9-2)14(7)17(10-3,11-4)12-5/h14H,8-13H2,1-7H3. The molecule has 0 saturated heterocycles. The van der Waals surface area contributed by atoms with Crippen LogP contribution in [-0.2, 0) is 8.85 Å². The fourth-order valence-electron chi connectivity index (χ4n) is 3.43. The van der Waals surface area contributed by atoms with Crippen molar-refractivity contribution >= 4 is 16.6 Å². The molecule has 0 fully saturated rings. The van der Waals surface area contributed by atoms with Crippen LogP contribution in [0.25, 0.3) is 0 Å². The zero-order chi connectivity index (χ0) is 14.2. The van der Waals surface area contributed by atoms with Gasteiger partial charge in [0.25, 0.3) is 0 Å². The second-order valence-corrected chi connectivity index (χ2v) is 15.2. The minimum Gasteiger partial charge on any atom is -0.395 e. The second-order valence-electron chi connectivity index (χ2n) is 5.18. The Bertz CT molecular complexity index is 204. The van der Waals surface area contributed by atoms with E-state index in [1.165, 1.54) is 18.1 Å². The molecule has 0 spiro atoms. The van der Waals surface area contributed by atoms with Gasteiger partial charge in [-0.05, 0) is 25.1 Å². The molecular formula is C14H34O2Si2. The van der Waals surface area contributed by atoms with Crippen LogP contribution < -0.4 is 0 Å². The van der Waals surface area contributed by atoms with Crippen LogP contribution in [0.2, 0.25) is 29.3 Å². The van der Waals surface area contributed by atoms with Crippen LogP contribution in [0.4, 0.5) is 0 Å². The SMILES string of the molecule is CCO[Si](CC)(OCC)C(C)[Si](CC)(CC)CC. The summed E-state index contributed by atoms with van der Waals surface area (Å²) in [5.74, 6) is 0. The van der Waals surface area contributed by atoms with Crippen molar-refractivity contribution in [3.8, 4) is 0 Å². The maximum Gasteiger partial charge on any atom is 0.338 e. The summed E-state index contributed by atoms with van der Waals surface area (Å²) >= 11 is 0.